The average molecular weight is 271 g/mol. The summed E-state index contributed by atoms with van der Waals surface area (Å²) in [7, 11) is 0. The Hall–Kier alpha value is -1.49. The van der Waals surface area contributed by atoms with Crippen molar-refractivity contribution in [2.45, 2.75) is 26.7 Å². The summed E-state index contributed by atoms with van der Waals surface area (Å²) < 4.78 is 27.5. The van der Waals surface area contributed by atoms with E-state index in [1.807, 2.05) is 6.92 Å². The average Bonchev–Trinajstić information content (AvgIpc) is 2.39. The van der Waals surface area contributed by atoms with Crippen molar-refractivity contribution >= 4 is 5.91 Å². The maximum atomic E-state index is 13.9. The minimum atomic E-state index is -0.868. The topological polar surface area (TPSA) is 40.5 Å². The number of aliphatic hydroxyl groups excluding tert-OH is 1. The molecule has 0 fully saturated rings. The molecule has 0 heterocycles. The Morgan fingerprint density at radius 3 is 2.58 bits per heavy atom. The Morgan fingerprint density at radius 1 is 1.32 bits per heavy atom. The third-order valence-corrected chi connectivity index (χ3v) is 2.94. The molecule has 0 spiro atoms. The van der Waals surface area contributed by atoms with Gasteiger partial charge < -0.3 is 10.0 Å². The number of amides is 1. The fraction of sp³-hybridized carbons (Fsp3) is 0.500. The van der Waals surface area contributed by atoms with Crippen LogP contribution in [0.3, 0.4) is 0 Å². The molecule has 0 saturated carbocycles. The van der Waals surface area contributed by atoms with Gasteiger partial charge in [-0.1, -0.05) is 19.4 Å². The van der Waals surface area contributed by atoms with Crippen molar-refractivity contribution in [1.82, 2.24) is 4.90 Å². The Bertz CT molecular complexity index is 449. The molecule has 1 aromatic rings. The lowest BCUT2D eigenvalue weighted by Crippen LogP contribution is -2.35. The zero-order valence-corrected chi connectivity index (χ0v) is 11.2. The number of aryl methyl sites for hydroxylation is 1. The first-order valence-electron chi connectivity index (χ1n) is 6.37. The van der Waals surface area contributed by atoms with Gasteiger partial charge in [-0.15, -0.1) is 0 Å². The number of hydrogen-bond acceptors (Lipinski definition) is 2. The normalized spacial score (nSPS) is 10.6. The van der Waals surface area contributed by atoms with E-state index in [4.69, 9.17) is 5.11 Å². The van der Waals surface area contributed by atoms with Gasteiger partial charge >= 0.3 is 0 Å². The Morgan fingerprint density at radius 2 is 2.00 bits per heavy atom. The van der Waals surface area contributed by atoms with Crippen molar-refractivity contribution in [2.24, 2.45) is 0 Å². The number of unbranched alkanes of at least 4 members (excludes halogenated alkanes) is 1. The number of aliphatic hydroxyl groups is 1. The highest BCUT2D eigenvalue weighted by Gasteiger charge is 2.23. The Labute approximate surface area is 111 Å². The van der Waals surface area contributed by atoms with Gasteiger partial charge in [0.15, 0.2) is 0 Å². The number of halogens is 2. The van der Waals surface area contributed by atoms with Crippen molar-refractivity contribution in [2.75, 3.05) is 19.7 Å². The van der Waals surface area contributed by atoms with E-state index in [1.165, 1.54) is 17.9 Å². The third-order valence-electron chi connectivity index (χ3n) is 2.94. The molecule has 106 valence electrons. The maximum absolute atomic E-state index is 13.9. The highest BCUT2D eigenvalue weighted by atomic mass is 19.1. The highest BCUT2D eigenvalue weighted by Crippen LogP contribution is 2.18. The van der Waals surface area contributed by atoms with Gasteiger partial charge in [-0.2, -0.15) is 0 Å². The highest BCUT2D eigenvalue weighted by molar-refractivity contribution is 5.95. The number of hydrogen-bond donors (Lipinski definition) is 1. The molecule has 0 bridgehead atoms. The van der Waals surface area contributed by atoms with E-state index in [0.717, 1.165) is 18.9 Å². The van der Waals surface area contributed by atoms with E-state index >= 15 is 0 Å². The van der Waals surface area contributed by atoms with Crippen LogP contribution < -0.4 is 0 Å². The monoisotopic (exact) mass is 271 g/mol. The molecule has 0 unspecified atom stereocenters. The zero-order chi connectivity index (χ0) is 14.4. The molecular weight excluding hydrogens is 252 g/mol. The maximum Gasteiger partial charge on any atom is 0.259 e. The fourth-order valence-corrected chi connectivity index (χ4v) is 1.80. The van der Waals surface area contributed by atoms with Gasteiger partial charge in [0, 0.05) is 13.1 Å². The first kappa shape index (κ1) is 15.6. The van der Waals surface area contributed by atoms with Gasteiger partial charge in [-0.3, -0.25) is 4.79 Å². The van der Waals surface area contributed by atoms with Crippen LogP contribution in [0.4, 0.5) is 8.78 Å². The number of carbonyl (C=O) groups is 1. The quantitative estimate of drug-likeness (QED) is 0.863. The molecule has 1 N–H and O–H groups in total. The molecule has 5 heteroatoms. The molecule has 3 nitrogen and oxygen atoms in total. The van der Waals surface area contributed by atoms with Crippen LogP contribution in [-0.2, 0) is 0 Å². The fourth-order valence-electron chi connectivity index (χ4n) is 1.80. The summed E-state index contributed by atoms with van der Waals surface area (Å²) >= 11 is 0. The molecule has 1 aromatic carbocycles. The predicted molar refractivity (Wildman–Crippen MR) is 69.0 cm³/mol. The lowest BCUT2D eigenvalue weighted by Gasteiger charge is -2.22. The molecule has 0 aliphatic heterocycles. The van der Waals surface area contributed by atoms with E-state index in [2.05, 4.69) is 0 Å². The standard InChI is InChI=1S/C14H19F2NO2/c1-3-4-7-17(8-9-18)14(19)12-11(15)6-5-10(2)13(12)16/h5-6,18H,3-4,7-9H2,1-2H3. The molecule has 0 aliphatic rings. The second-order valence-electron chi connectivity index (χ2n) is 4.42. The molecule has 0 saturated heterocycles. The van der Waals surface area contributed by atoms with Crippen LogP contribution in [0.5, 0.6) is 0 Å². The molecule has 0 atom stereocenters. The van der Waals surface area contributed by atoms with E-state index in [1.54, 1.807) is 0 Å². The summed E-state index contributed by atoms with van der Waals surface area (Å²) in [6, 6.07) is 2.38. The van der Waals surface area contributed by atoms with Crippen LogP contribution in [0, 0.1) is 18.6 Å². The van der Waals surface area contributed by atoms with E-state index in [0.29, 0.717) is 6.54 Å². The summed E-state index contributed by atoms with van der Waals surface area (Å²) in [5.41, 5.74) is -0.311. The minimum Gasteiger partial charge on any atom is -0.395 e. The van der Waals surface area contributed by atoms with Gasteiger partial charge in [-0.25, -0.2) is 8.78 Å². The smallest absolute Gasteiger partial charge is 0.259 e. The van der Waals surface area contributed by atoms with Crippen molar-refractivity contribution in [3.63, 3.8) is 0 Å². The van der Waals surface area contributed by atoms with Gasteiger partial charge in [0.25, 0.3) is 5.91 Å². The zero-order valence-electron chi connectivity index (χ0n) is 11.2. The number of carbonyl (C=O) groups excluding carboxylic acids is 1. The molecule has 0 aromatic heterocycles. The van der Waals surface area contributed by atoms with Crippen molar-refractivity contribution < 1.29 is 18.7 Å². The first-order valence-corrected chi connectivity index (χ1v) is 6.37. The van der Waals surface area contributed by atoms with Gasteiger partial charge in [0.1, 0.15) is 17.2 Å². The third kappa shape index (κ3) is 3.73. The number of nitrogens with zero attached hydrogens (tertiary/aromatic N) is 1. The van der Waals surface area contributed by atoms with Gasteiger partial charge in [0.05, 0.1) is 6.61 Å². The predicted octanol–water partition coefficient (Wildman–Crippen LogP) is 2.51. The largest absolute Gasteiger partial charge is 0.395 e. The summed E-state index contributed by atoms with van der Waals surface area (Å²) in [6.07, 6.45) is 1.58. The van der Waals surface area contributed by atoms with Gasteiger partial charge in [-0.05, 0) is 25.0 Å². The summed E-state index contributed by atoms with van der Waals surface area (Å²) in [5.74, 6) is -2.40. The van der Waals surface area contributed by atoms with Crippen molar-refractivity contribution in [3.05, 3.63) is 34.9 Å². The first-order chi connectivity index (χ1) is 9.02. The Balaban J connectivity index is 3.05. The van der Waals surface area contributed by atoms with Crippen molar-refractivity contribution in [1.29, 1.82) is 0 Å². The van der Waals surface area contributed by atoms with Crippen LogP contribution in [0.1, 0.15) is 35.7 Å². The molecule has 0 radical (unpaired) electrons. The Kier molecular flexibility index (Phi) is 5.89. The van der Waals surface area contributed by atoms with Crippen molar-refractivity contribution in [3.8, 4) is 0 Å². The summed E-state index contributed by atoms with van der Waals surface area (Å²) in [5, 5.41) is 8.94. The molecular formula is C14H19F2NO2. The second kappa shape index (κ2) is 7.19. The summed E-state index contributed by atoms with van der Waals surface area (Å²) in [4.78, 5) is 13.5. The molecule has 0 aliphatic carbocycles. The molecule has 1 amide bonds. The SMILES string of the molecule is CCCCN(CCO)C(=O)c1c(F)ccc(C)c1F. The van der Waals surface area contributed by atoms with Crippen LogP contribution in [0.15, 0.2) is 12.1 Å². The minimum absolute atomic E-state index is 0.0751. The van der Waals surface area contributed by atoms with E-state index in [-0.39, 0.29) is 18.7 Å². The van der Waals surface area contributed by atoms with Crippen LogP contribution in [0.25, 0.3) is 0 Å². The lowest BCUT2D eigenvalue weighted by atomic mass is 10.1. The second-order valence-corrected chi connectivity index (χ2v) is 4.42. The lowest BCUT2D eigenvalue weighted by molar-refractivity contribution is 0.0709. The molecule has 1 rings (SSSR count). The number of benzene rings is 1. The molecule has 19 heavy (non-hydrogen) atoms. The van der Waals surface area contributed by atoms with Crippen LogP contribution in [0.2, 0.25) is 0 Å². The van der Waals surface area contributed by atoms with E-state index < -0.39 is 23.1 Å². The summed E-state index contributed by atoms with van der Waals surface area (Å²) in [6.45, 7) is 3.66. The van der Waals surface area contributed by atoms with E-state index in [9.17, 15) is 13.6 Å². The number of rotatable bonds is 6. The van der Waals surface area contributed by atoms with Crippen LogP contribution >= 0.6 is 0 Å². The van der Waals surface area contributed by atoms with Crippen LogP contribution in [-0.4, -0.2) is 35.6 Å². The van der Waals surface area contributed by atoms with Gasteiger partial charge in [0.2, 0.25) is 0 Å².